The smallest absolute Gasteiger partial charge is 0.155 e. The van der Waals surface area contributed by atoms with Gasteiger partial charge in [0.1, 0.15) is 11.6 Å². The van der Waals surface area contributed by atoms with Crippen molar-refractivity contribution in [1.82, 2.24) is 14.4 Å². The molecule has 27 heavy (non-hydrogen) atoms. The van der Waals surface area contributed by atoms with Crippen molar-refractivity contribution in [2.24, 2.45) is 5.92 Å². The van der Waals surface area contributed by atoms with E-state index in [1.54, 1.807) is 6.20 Å². The molecule has 1 fully saturated rings. The summed E-state index contributed by atoms with van der Waals surface area (Å²) < 4.78 is 2.99. The van der Waals surface area contributed by atoms with Crippen LogP contribution in [-0.2, 0) is 6.54 Å². The summed E-state index contributed by atoms with van der Waals surface area (Å²) >= 11 is 3.59. The number of rotatable bonds is 6. The Morgan fingerprint density at radius 1 is 1.26 bits per heavy atom. The van der Waals surface area contributed by atoms with Crippen LogP contribution in [-0.4, -0.2) is 32.1 Å². The van der Waals surface area contributed by atoms with Crippen molar-refractivity contribution in [2.45, 2.75) is 38.3 Å². The fourth-order valence-corrected chi connectivity index (χ4v) is 4.16. The van der Waals surface area contributed by atoms with Gasteiger partial charge in [-0.1, -0.05) is 18.9 Å². The normalized spacial score (nSPS) is 19.9. The summed E-state index contributed by atoms with van der Waals surface area (Å²) in [6.45, 7) is 0.908. The molecule has 1 aliphatic rings. The minimum Gasteiger partial charge on any atom is -0.396 e. The Bertz CT molecular complexity index is 898. The average Bonchev–Trinajstić information content (AvgIpc) is 3.08. The highest BCUT2D eigenvalue weighted by Gasteiger charge is 2.25. The van der Waals surface area contributed by atoms with Crippen molar-refractivity contribution < 1.29 is 5.11 Å². The Morgan fingerprint density at radius 3 is 2.96 bits per heavy atom. The third-order valence-corrected chi connectivity index (χ3v) is 5.86. The van der Waals surface area contributed by atoms with Gasteiger partial charge >= 0.3 is 0 Å². The van der Waals surface area contributed by atoms with Crippen molar-refractivity contribution in [3.8, 4) is 0 Å². The number of fused-ring (bicyclic) bond motifs is 1. The molecule has 0 unspecified atom stereocenters. The maximum atomic E-state index is 9.70. The first-order chi connectivity index (χ1) is 13.2. The molecule has 4 rings (SSSR count). The summed E-state index contributed by atoms with van der Waals surface area (Å²) in [6, 6.07) is 8.30. The first-order valence-electron chi connectivity index (χ1n) is 9.42. The number of aromatic nitrogens is 3. The molecule has 3 N–H and O–H groups in total. The number of aliphatic hydroxyl groups is 1. The number of nitrogens with one attached hydrogen (secondary N) is 2. The highest BCUT2D eigenvalue weighted by molar-refractivity contribution is 9.10. The Morgan fingerprint density at radius 2 is 2.15 bits per heavy atom. The Labute approximate surface area is 167 Å². The highest BCUT2D eigenvalue weighted by Crippen LogP contribution is 2.29. The van der Waals surface area contributed by atoms with Gasteiger partial charge in [-0.15, -0.1) is 0 Å². The van der Waals surface area contributed by atoms with Crippen LogP contribution in [0.15, 0.2) is 47.3 Å². The second kappa shape index (κ2) is 8.27. The molecule has 0 aliphatic heterocycles. The van der Waals surface area contributed by atoms with Gasteiger partial charge < -0.3 is 15.7 Å². The summed E-state index contributed by atoms with van der Waals surface area (Å²) in [6.07, 6.45) is 10.2. The van der Waals surface area contributed by atoms with Gasteiger partial charge in [-0.05, 0) is 46.5 Å². The van der Waals surface area contributed by atoms with Crippen LogP contribution in [0.3, 0.4) is 0 Å². The average molecular weight is 430 g/mol. The van der Waals surface area contributed by atoms with Crippen LogP contribution >= 0.6 is 15.9 Å². The number of nitrogens with zero attached hydrogens (tertiary/aromatic N) is 3. The zero-order chi connectivity index (χ0) is 18.6. The molecule has 7 heteroatoms. The minimum absolute atomic E-state index is 0.223. The lowest BCUT2D eigenvalue weighted by Gasteiger charge is -2.31. The molecule has 0 radical (unpaired) electrons. The number of hydrogen-bond acceptors (Lipinski definition) is 5. The molecule has 1 saturated carbocycles. The van der Waals surface area contributed by atoms with E-state index in [-0.39, 0.29) is 12.6 Å². The quantitative estimate of drug-likeness (QED) is 0.550. The fraction of sp³-hybridized carbons (Fsp3) is 0.400. The van der Waals surface area contributed by atoms with Crippen molar-refractivity contribution in [1.29, 1.82) is 0 Å². The predicted molar refractivity (Wildman–Crippen MR) is 111 cm³/mol. The number of anilines is 2. The lowest BCUT2D eigenvalue weighted by molar-refractivity contribution is 0.178. The molecule has 3 aromatic rings. The first kappa shape index (κ1) is 18.3. The summed E-state index contributed by atoms with van der Waals surface area (Å²) in [5, 5.41) is 16.8. The summed E-state index contributed by atoms with van der Waals surface area (Å²) in [4.78, 5) is 8.96. The molecule has 3 heterocycles. The van der Waals surface area contributed by atoms with Gasteiger partial charge in [0, 0.05) is 49.8 Å². The van der Waals surface area contributed by atoms with Crippen molar-refractivity contribution in [3.05, 3.63) is 52.9 Å². The molecule has 0 saturated heterocycles. The van der Waals surface area contributed by atoms with Crippen LogP contribution in [0.5, 0.6) is 0 Å². The SMILES string of the molecule is OC[C@H]1CCCC[C@H]1Nc1cc(NCc2cccnc2)n2ccc(Br)c2n1. The molecule has 0 bridgehead atoms. The number of halogens is 1. The fourth-order valence-electron chi connectivity index (χ4n) is 3.76. The van der Waals surface area contributed by atoms with Crippen LogP contribution in [0, 0.1) is 5.92 Å². The van der Waals surface area contributed by atoms with E-state index >= 15 is 0 Å². The summed E-state index contributed by atoms with van der Waals surface area (Å²) in [5.74, 6) is 2.09. The maximum absolute atomic E-state index is 9.70. The molecule has 0 aromatic carbocycles. The third kappa shape index (κ3) is 4.09. The van der Waals surface area contributed by atoms with E-state index < -0.39 is 0 Å². The molecular weight excluding hydrogens is 406 g/mol. The minimum atomic E-state index is 0.223. The van der Waals surface area contributed by atoms with Gasteiger partial charge in [0.05, 0.1) is 4.47 Å². The second-order valence-corrected chi connectivity index (χ2v) is 7.93. The van der Waals surface area contributed by atoms with Gasteiger partial charge in [-0.25, -0.2) is 4.98 Å². The Balaban J connectivity index is 1.60. The monoisotopic (exact) mass is 429 g/mol. The first-order valence-corrected chi connectivity index (χ1v) is 10.2. The lowest BCUT2D eigenvalue weighted by atomic mass is 9.85. The largest absolute Gasteiger partial charge is 0.396 e. The van der Waals surface area contributed by atoms with Crippen LogP contribution in [0.2, 0.25) is 0 Å². The van der Waals surface area contributed by atoms with Gasteiger partial charge in [0.25, 0.3) is 0 Å². The molecule has 0 spiro atoms. The van der Waals surface area contributed by atoms with Crippen LogP contribution in [0.25, 0.3) is 5.65 Å². The summed E-state index contributed by atoms with van der Waals surface area (Å²) in [7, 11) is 0. The highest BCUT2D eigenvalue weighted by atomic mass is 79.9. The number of pyridine rings is 1. The molecule has 1 aliphatic carbocycles. The van der Waals surface area contributed by atoms with Crippen molar-refractivity contribution in [2.75, 3.05) is 17.2 Å². The van der Waals surface area contributed by atoms with Crippen LogP contribution in [0.1, 0.15) is 31.2 Å². The van der Waals surface area contributed by atoms with E-state index in [1.165, 1.54) is 12.8 Å². The third-order valence-electron chi connectivity index (χ3n) is 5.24. The Kier molecular flexibility index (Phi) is 5.59. The van der Waals surface area contributed by atoms with E-state index in [1.807, 2.05) is 35.0 Å². The van der Waals surface area contributed by atoms with E-state index in [4.69, 9.17) is 4.98 Å². The van der Waals surface area contributed by atoms with Gasteiger partial charge in [0.2, 0.25) is 0 Å². The molecular formula is C20H24BrN5O. The standard InChI is InChI=1S/C20H24BrN5O/c21-16-7-9-26-19(23-12-14-4-3-8-22-11-14)10-18(25-20(16)26)24-17-6-2-1-5-15(17)13-27/h3-4,7-11,15,17,23,27H,1-2,5-6,12-13H2,(H,24,25)/t15-,17-/m1/s1. The Hall–Kier alpha value is -2.12. The van der Waals surface area contributed by atoms with E-state index in [0.717, 1.165) is 40.2 Å². The van der Waals surface area contributed by atoms with Gasteiger partial charge in [0.15, 0.2) is 5.65 Å². The van der Waals surface area contributed by atoms with Crippen molar-refractivity contribution in [3.63, 3.8) is 0 Å². The maximum Gasteiger partial charge on any atom is 0.155 e. The number of hydrogen-bond donors (Lipinski definition) is 3. The molecule has 2 atom stereocenters. The van der Waals surface area contributed by atoms with Crippen LogP contribution in [0.4, 0.5) is 11.6 Å². The topological polar surface area (TPSA) is 74.5 Å². The molecule has 3 aromatic heterocycles. The number of aliphatic hydroxyl groups excluding tert-OH is 1. The van der Waals surface area contributed by atoms with Crippen LogP contribution < -0.4 is 10.6 Å². The zero-order valence-electron chi connectivity index (χ0n) is 15.1. The molecule has 142 valence electrons. The summed E-state index contributed by atoms with van der Waals surface area (Å²) in [5.41, 5.74) is 1.99. The van der Waals surface area contributed by atoms with E-state index in [0.29, 0.717) is 12.5 Å². The van der Waals surface area contributed by atoms with E-state index in [2.05, 4.69) is 37.6 Å². The second-order valence-electron chi connectivity index (χ2n) is 7.08. The molecule has 6 nitrogen and oxygen atoms in total. The molecule has 0 amide bonds. The van der Waals surface area contributed by atoms with Gasteiger partial charge in [-0.3, -0.25) is 9.38 Å². The predicted octanol–water partition coefficient (Wildman–Crippen LogP) is 4.07. The lowest BCUT2D eigenvalue weighted by Crippen LogP contribution is -2.34. The van der Waals surface area contributed by atoms with Crippen molar-refractivity contribution >= 4 is 33.2 Å². The van der Waals surface area contributed by atoms with Gasteiger partial charge in [-0.2, -0.15) is 0 Å². The van der Waals surface area contributed by atoms with E-state index in [9.17, 15) is 5.11 Å². The zero-order valence-corrected chi connectivity index (χ0v) is 16.7.